The van der Waals surface area contributed by atoms with Gasteiger partial charge in [-0.2, -0.15) is 0 Å². The van der Waals surface area contributed by atoms with Crippen molar-refractivity contribution in [2.75, 3.05) is 25.7 Å². The van der Waals surface area contributed by atoms with Crippen LogP contribution >= 0.6 is 11.6 Å². The van der Waals surface area contributed by atoms with Gasteiger partial charge >= 0.3 is 0 Å². The van der Waals surface area contributed by atoms with Crippen LogP contribution in [0.25, 0.3) is 0 Å². The first kappa shape index (κ1) is 64.0. The molecule has 10 nitrogen and oxygen atoms in total. The number of Topliss-reactive ketones (excluding diaryl/α,β-unsaturated/α-hetero) is 2. The Balaban J connectivity index is 0.000000222. The van der Waals surface area contributed by atoms with Crippen LogP contribution in [0.3, 0.4) is 0 Å². The number of carbonyl (C=O) groups excluding carboxylic acids is 2. The predicted molar refractivity (Wildman–Crippen MR) is 335 cm³/mol. The molecule has 11 heteroatoms. The highest BCUT2D eigenvalue weighted by Gasteiger charge is 2.18. The number of aryl methyl sites for hydroxylation is 4. The van der Waals surface area contributed by atoms with Gasteiger partial charge in [-0.25, -0.2) is 0 Å². The van der Waals surface area contributed by atoms with Gasteiger partial charge in [0.25, 0.3) is 0 Å². The van der Waals surface area contributed by atoms with E-state index >= 15 is 0 Å². The van der Waals surface area contributed by atoms with E-state index in [9.17, 15) is 14.7 Å². The molecule has 8 rings (SSSR count). The lowest BCUT2D eigenvalue weighted by molar-refractivity contribution is 0.1000. The fourth-order valence-corrected chi connectivity index (χ4v) is 9.06. The van der Waals surface area contributed by atoms with Gasteiger partial charge < -0.3 is 38.3 Å². The van der Waals surface area contributed by atoms with Crippen molar-refractivity contribution < 1.29 is 47.9 Å². The minimum atomic E-state index is -0.0285. The van der Waals surface area contributed by atoms with Gasteiger partial charge in [-0.05, 0) is 142 Å². The van der Waals surface area contributed by atoms with Gasteiger partial charge in [-0.15, -0.1) is 11.6 Å². The van der Waals surface area contributed by atoms with E-state index in [1.165, 1.54) is 0 Å². The highest BCUT2D eigenvalue weighted by atomic mass is 35.5. The third-order valence-electron chi connectivity index (χ3n) is 13.5. The summed E-state index contributed by atoms with van der Waals surface area (Å²) < 4.78 is 42.4. The molecule has 0 aliphatic heterocycles. The lowest BCUT2D eigenvalue weighted by Gasteiger charge is -2.18. The summed E-state index contributed by atoms with van der Waals surface area (Å²) in [5.74, 6) is 7.52. The number of halogens is 1. The first-order valence-electron chi connectivity index (χ1n) is 28.9. The Kier molecular flexibility index (Phi) is 26.4. The van der Waals surface area contributed by atoms with Crippen LogP contribution < -0.4 is 33.2 Å². The summed E-state index contributed by atoms with van der Waals surface area (Å²) in [7, 11) is 0. The van der Waals surface area contributed by atoms with Crippen LogP contribution in [-0.4, -0.2) is 42.4 Å². The van der Waals surface area contributed by atoms with Gasteiger partial charge in [-0.1, -0.05) is 150 Å². The molecule has 8 aromatic carbocycles. The largest absolute Gasteiger partial charge is 0.508 e. The van der Waals surface area contributed by atoms with Gasteiger partial charge in [0.05, 0.1) is 30.9 Å². The summed E-state index contributed by atoms with van der Waals surface area (Å²) in [6.07, 6.45) is 6.65. The number of phenolic OH excluding ortho intramolecular Hbond substituents is 1. The topological polar surface area (TPSA) is 119 Å². The Hall–Kier alpha value is -8.21. The molecule has 0 aliphatic carbocycles. The molecule has 0 bridgehead atoms. The van der Waals surface area contributed by atoms with Crippen molar-refractivity contribution >= 4 is 23.2 Å². The zero-order valence-electron chi connectivity index (χ0n) is 49.6. The quantitative estimate of drug-likeness (QED) is 0.0288. The lowest BCUT2D eigenvalue weighted by atomic mass is 10.0. The summed E-state index contributed by atoms with van der Waals surface area (Å²) in [6, 6.07) is 54.5. The van der Waals surface area contributed by atoms with Crippen molar-refractivity contribution in [1.29, 1.82) is 0 Å². The fourth-order valence-electron chi connectivity index (χ4n) is 8.96. The van der Waals surface area contributed by atoms with Crippen molar-refractivity contribution in [2.45, 2.75) is 120 Å². The number of alkyl halides is 1. The van der Waals surface area contributed by atoms with Crippen LogP contribution in [-0.2, 0) is 38.9 Å². The third kappa shape index (κ3) is 19.7. The molecule has 0 heterocycles. The van der Waals surface area contributed by atoms with Crippen LogP contribution in [0, 0.1) is 13.8 Å². The number of hydrogen-bond donors (Lipinski definition) is 1. The Morgan fingerprint density at radius 3 is 1.27 bits per heavy atom. The highest BCUT2D eigenvalue weighted by molar-refractivity contribution is 6.17. The zero-order valence-corrected chi connectivity index (χ0v) is 50.3. The molecule has 0 atom stereocenters. The van der Waals surface area contributed by atoms with Crippen LogP contribution in [0.15, 0.2) is 170 Å². The molecular formula is C72H81ClO10. The number of carbonyl (C=O) groups is 2. The second-order valence-electron chi connectivity index (χ2n) is 19.9. The molecule has 0 unspecified atom stereocenters. The summed E-state index contributed by atoms with van der Waals surface area (Å²) in [5, 5.41) is 9.89. The molecule has 0 radical (unpaired) electrons. The third-order valence-corrected chi connectivity index (χ3v) is 13.8. The minimum Gasteiger partial charge on any atom is -0.508 e. The molecule has 0 saturated carbocycles. The van der Waals surface area contributed by atoms with Crippen molar-refractivity contribution in [1.82, 2.24) is 0 Å². The zero-order chi connectivity index (χ0) is 59.3. The second-order valence-corrected chi connectivity index (χ2v) is 20.3. The van der Waals surface area contributed by atoms with Crippen molar-refractivity contribution in [2.24, 2.45) is 0 Å². The number of ether oxygens (including phenoxy) is 7. The number of aromatic hydroxyl groups is 1. The molecule has 0 fully saturated rings. The van der Waals surface area contributed by atoms with Crippen molar-refractivity contribution in [3.63, 3.8) is 0 Å². The Morgan fingerprint density at radius 1 is 0.422 bits per heavy atom. The Labute approximate surface area is 497 Å². The highest BCUT2D eigenvalue weighted by Crippen LogP contribution is 2.37. The van der Waals surface area contributed by atoms with E-state index in [1.807, 2.05) is 185 Å². The molecule has 0 aromatic heterocycles. The van der Waals surface area contributed by atoms with Crippen molar-refractivity contribution in [3.05, 3.63) is 225 Å². The summed E-state index contributed by atoms with van der Waals surface area (Å²) in [5.41, 5.74) is 9.37. The van der Waals surface area contributed by atoms with E-state index in [1.54, 1.807) is 19.9 Å². The molecule has 83 heavy (non-hydrogen) atoms. The number of hydrogen-bond acceptors (Lipinski definition) is 10. The predicted octanol–water partition coefficient (Wildman–Crippen LogP) is 18.4. The van der Waals surface area contributed by atoms with E-state index in [4.69, 9.17) is 44.8 Å². The number of benzene rings is 8. The fraction of sp³-hybridized carbons (Fsp3) is 0.306. The Morgan fingerprint density at radius 2 is 0.819 bits per heavy atom. The van der Waals surface area contributed by atoms with Crippen molar-refractivity contribution in [3.8, 4) is 57.5 Å². The summed E-state index contributed by atoms with van der Waals surface area (Å²) in [4.78, 5) is 24.3. The van der Waals surface area contributed by atoms with Crippen LogP contribution in [0.5, 0.6) is 57.5 Å². The maximum absolute atomic E-state index is 12.4. The van der Waals surface area contributed by atoms with Gasteiger partial charge in [-0.3, -0.25) is 9.59 Å². The van der Waals surface area contributed by atoms with E-state index in [0.717, 1.165) is 130 Å². The molecule has 0 aliphatic rings. The molecule has 436 valence electrons. The summed E-state index contributed by atoms with van der Waals surface area (Å²) >= 11 is 5.71. The molecule has 0 amide bonds. The summed E-state index contributed by atoms with van der Waals surface area (Å²) in [6.45, 7) is 17.8. The first-order chi connectivity index (χ1) is 40.4. The lowest BCUT2D eigenvalue weighted by Crippen LogP contribution is -2.09. The standard InChI is InChI=1S/C36H40O5.C20H23ClO3.C16H18O2/c1-5-14-30-33(19-12-20-34(30)41-32-18-11-10-15-26(32)3)38-21-13-22-39-35-24-36(31(27(4)37)23-29(35)6-2)40-25-28-16-8-7-9-17-28;1-3-17-12-18(15(2)22)20(13-19(17)23-11-7-10-21)24-14-16-8-5-4-6-9-16;1-3-7-13-14(17)9-6-11-16(13)18-15-10-5-4-8-12(15)2/h7-12,15-20,23-24H,5-6,13-14,21-22,25H2,1-4H3;4-6,8-9,12-13H,3,7,10-11,14H2,1-2H3;4-6,8-11,17H,3,7H2,1-2H3. The minimum absolute atomic E-state index is 0.0138. The molecule has 1 N–H and O–H groups in total. The van der Waals surface area contributed by atoms with Gasteiger partial charge in [0.1, 0.15) is 70.7 Å². The van der Waals surface area contributed by atoms with Crippen LogP contribution in [0.2, 0.25) is 0 Å². The maximum Gasteiger partial charge on any atom is 0.163 e. The average molecular weight is 1140 g/mol. The number of phenols is 1. The number of ketones is 2. The Bertz CT molecular complexity index is 3280. The smallest absolute Gasteiger partial charge is 0.163 e. The van der Waals surface area contributed by atoms with Crippen LogP contribution in [0.1, 0.15) is 132 Å². The normalized spacial score (nSPS) is 10.6. The molecule has 0 saturated heterocycles. The first-order valence-corrected chi connectivity index (χ1v) is 29.4. The van der Waals surface area contributed by atoms with Gasteiger partial charge in [0, 0.05) is 35.6 Å². The number of para-hydroxylation sites is 2. The van der Waals surface area contributed by atoms with Gasteiger partial charge in [0.15, 0.2) is 11.6 Å². The van der Waals surface area contributed by atoms with Gasteiger partial charge in [0.2, 0.25) is 0 Å². The molecular weight excluding hydrogens is 1060 g/mol. The molecule has 0 spiro atoms. The SMILES string of the molecule is CCCc1c(O)cccc1Oc1ccccc1C.CCCc1c(OCCCOc2cc(OCc3ccccc3)c(C(C)=O)cc2CC)cccc1Oc1ccccc1C.CCc1cc(C(C)=O)c(OCc2ccccc2)cc1OCCCCl. The van der Waals surface area contributed by atoms with E-state index in [-0.39, 0.29) is 11.6 Å². The molecule has 8 aromatic rings. The average Bonchev–Trinajstić information content (AvgIpc) is 3.58. The monoisotopic (exact) mass is 1140 g/mol. The van der Waals surface area contributed by atoms with Crippen LogP contribution in [0.4, 0.5) is 0 Å². The number of rotatable bonds is 28. The maximum atomic E-state index is 12.4. The van der Waals surface area contributed by atoms with E-state index in [2.05, 4.69) is 20.8 Å². The van der Waals surface area contributed by atoms with E-state index < -0.39 is 0 Å². The van der Waals surface area contributed by atoms with E-state index in [0.29, 0.717) is 73.7 Å². The second kappa shape index (κ2) is 34.3.